The van der Waals surface area contributed by atoms with Gasteiger partial charge >= 0.3 is 5.97 Å². The maximum atomic E-state index is 11.5. The average Bonchev–Trinajstić information content (AvgIpc) is 2.20. The van der Waals surface area contributed by atoms with Crippen molar-refractivity contribution in [1.29, 1.82) is 0 Å². The number of benzene rings is 1. The van der Waals surface area contributed by atoms with Crippen molar-refractivity contribution >= 4 is 5.97 Å². The summed E-state index contributed by atoms with van der Waals surface area (Å²) >= 11 is 0. The fourth-order valence-electron chi connectivity index (χ4n) is 1.77. The van der Waals surface area contributed by atoms with Crippen molar-refractivity contribution in [2.75, 3.05) is 7.11 Å². The van der Waals surface area contributed by atoms with Crippen LogP contribution in [0, 0.1) is 13.8 Å². The first-order valence-corrected chi connectivity index (χ1v) is 5.32. The summed E-state index contributed by atoms with van der Waals surface area (Å²) in [5.41, 5.74) is 3.55. The molecule has 0 aliphatic heterocycles. The molecular formula is C13H18O3. The Hall–Kier alpha value is -1.35. The number of aryl methyl sites for hydroxylation is 2. The third kappa shape index (κ3) is 2.83. The van der Waals surface area contributed by atoms with E-state index in [1.54, 1.807) is 6.92 Å². The molecule has 0 aliphatic rings. The van der Waals surface area contributed by atoms with Crippen LogP contribution in [0.3, 0.4) is 0 Å². The second kappa shape index (κ2) is 5.12. The van der Waals surface area contributed by atoms with Crippen LogP contribution in [0.15, 0.2) is 12.1 Å². The van der Waals surface area contributed by atoms with Crippen LogP contribution in [-0.2, 0) is 11.2 Å². The fraction of sp³-hybridized carbons (Fsp3) is 0.462. The van der Waals surface area contributed by atoms with Crippen LogP contribution < -0.4 is 0 Å². The Morgan fingerprint density at radius 2 is 2.00 bits per heavy atom. The minimum atomic E-state index is -0.410. The lowest BCUT2D eigenvalue weighted by Gasteiger charge is -2.12. The van der Waals surface area contributed by atoms with E-state index in [9.17, 15) is 9.90 Å². The fourth-order valence-corrected chi connectivity index (χ4v) is 1.77. The number of aliphatic hydroxyl groups excluding tert-OH is 1. The molecule has 0 saturated carbocycles. The van der Waals surface area contributed by atoms with E-state index in [1.807, 2.05) is 26.0 Å². The molecule has 1 atom stereocenters. The van der Waals surface area contributed by atoms with Crippen molar-refractivity contribution in [3.63, 3.8) is 0 Å². The minimum Gasteiger partial charge on any atom is -0.465 e. The number of rotatable bonds is 3. The maximum Gasteiger partial charge on any atom is 0.338 e. The summed E-state index contributed by atoms with van der Waals surface area (Å²) in [6.45, 7) is 5.59. The highest BCUT2D eigenvalue weighted by Gasteiger charge is 2.12. The van der Waals surface area contributed by atoms with Gasteiger partial charge in [0.05, 0.1) is 18.8 Å². The molecule has 1 N–H and O–H groups in total. The summed E-state index contributed by atoms with van der Waals surface area (Å²) in [6.07, 6.45) is 0.141. The standard InChI is InChI=1S/C13H18O3/c1-8-5-9(2)12(13(15)16-4)7-11(8)6-10(3)14/h5,7,10,14H,6H2,1-4H3. The zero-order valence-corrected chi connectivity index (χ0v) is 10.2. The van der Waals surface area contributed by atoms with Gasteiger partial charge in [-0.15, -0.1) is 0 Å². The normalized spacial score (nSPS) is 12.3. The van der Waals surface area contributed by atoms with Gasteiger partial charge in [-0.2, -0.15) is 0 Å². The van der Waals surface area contributed by atoms with Gasteiger partial charge in [0.1, 0.15) is 0 Å². The predicted octanol–water partition coefficient (Wildman–Crippen LogP) is 2.01. The second-order valence-corrected chi connectivity index (χ2v) is 4.14. The molecular weight excluding hydrogens is 204 g/mol. The molecule has 0 saturated heterocycles. The van der Waals surface area contributed by atoms with Crippen LogP contribution in [0.4, 0.5) is 0 Å². The summed E-state index contributed by atoms with van der Waals surface area (Å²) in [6, 6.07) is 3.76. The van der Waals surface area contributed by atoms with E-state index in [0.717, 1.165) is 16.7 Å². The van der Waals surface area contributed by atoms with E-state index in [-0.39, 0.29) is 5.97 Å². The number of esters is 1. The van der Waals surface area contributed by atoms with Gasteiger partial charge in [-0.25, -0.2) is 4.79 Å². The molecule has 0 bridgehead atoms. The monoisotopic (exact) mass is 222 g/mol. The third-order valence-corrected chi connectivity index (χ3v) is 2.60. The highest BCUT2D eigenvalue weighted by atomic mass is 16.5. The van der Waals surface area contributed by atoms with Gasteiger partial charge in [0.15, 0.2) is 0 Å². The van der Waals surface area contributed by atoms with Crippen LogP contribution >= 0.6 is 0 Å². The molecule has 0 aromatic heterocycles. The molecule has 0 radical (unpaired) electrons. The molecule has 0 amide bonds. The van der Waals surface area contributed by atoms with Crippen molar-refractivity contribution in [3.05, 3.63) is 34.4 Å². The number of aliphatic hydroxyl groups is 1. The van der Waals surface area contributed by atoms with E-state index in [4.69, 9.17) is 4.74 Å². The Bertz CT molecular complexity index is 394. The zero-order chi connectivity index (χ0) is 12.3. The van der Waals surface area contributed by atoms with Crippen LogP contribution in [-0.4, -0.2) is 24.3 Å². The smallest absolute Gasteiger partial charge is 0.338 e. The van der Waals surface area contributed by atoms with Gasteiger partial charge < -0.3 is 9.84 Å². The van der Waals surface area contributed by atoms with Gasteiger partial charge in [0.2, 0.25) is 0 Å². The Morgan fingerprint density at radius 1 is 1.38 bits per heavy atom. The predicted molar refractivity (Wildman–Crippen MR) is 62.6 cm³/mol. The molecule has 88 valence electrons. The van der Waals surface area contributed by atoms with Crippen LogP contribution in [0.25, 0.3) is 0 Å². The topological polar surface area (TPSA) is 46.5 Å². The Kier molecular flexibility index (Phi) is 4.07. The lowest BCUT2D eigenvalue weighted by molar-refractivity contribution is 0.0599. The minimum absolute atomic E-state index is 0.329. The first kappa shape index (κ1) is 12.7. The van der Waals surface area contributed by atoms with Gasteiger partial charge in [-0.05, 0) is 49.9 Å². The summed E-state index contributed by atoms with van der Waals surface area (Å²) in [7, 11) is 1.37. The molecule has 1 aromatic rings. The molecule has 1 aromatic carbocycles. The Labute approximate surface area is 96.1 Å². The molecule has 1 rings (SSSR count). The molecule has 1 unspecified atom stereocenters. The van der Waals surface area contributed by atoms with Crippen LogP contribution in [0.5, 0.6) is 0 Å². The second-order valence-electron chi connectivity index (χ2n) is 4.14. The first-order valence-electron chi connectivity index (χ1n) is 5.32. The summed E-state index contributed by atoms with van der Waals surface area (Å²) in [4.78, 5) is 11.5. The lowest BCUT2D eigenvalue weighted by atomic mass is 9.96. The van der Waals surface area contributed by atoms with Gasteiger partial charge in [0.25, 0.3) is 0 Å². The molecule has 0 heterocycles. The Balaban J connectivity index is 3.16. The number of carbonyl (C=O) groups is 1. The highest BCUT2D eigenvalue weighted by Crippen LogP contribution is 2.18. The van der Waals surface area contributed by atoms with E-state index >= 15 is 0 Å². The first-order chi connectivity index (χ1) is 7.45. The summed E-state index contributed by atoms with van der Waals surface area (Å²) in [5.74, 6) is -0.329. The quantitative estimate of drug-likeness (QED) is 0.796. The van der Waals surface area contributed by atoms with Crippen molar-refractivity contribution < 1.29 is 14.6 Å². The largest absolute Gasteiger partial charge is 0.465 e. The van der Waals surface area contributed by atoms with Gasteiger partial charge in [-0.3, -0.25) is 0 Å². The van der Waals surface area contributed by atoms with E-state index < -0.39 is 6.10 Å². The summed E-state index contributed by atoms with van der Waals surface area (Å²) < 4.78 is 4.72. The molecule has 3 nitrogen and oxygen atoms in total. The molecule has 0 fully saturated rings. The van der Waals surface area contributed by atoms with E-state index in [0.29, 0.717) is 12.0 Å². The maximum absolute atomic E-state index is 11.5. The number of hydrogen-bond donors (Lipinski definition) is 1. The third-order valence-electron chi connectivity index (χ3n) is 2.60. The van der Waals surface area contributed by atoms with Crippen LogP contribution in [0.1, 0.15) is 34.0 Å². The average molecular weight is 222 g/mol. The number of hydrogen-bond acceptors (Lipinski definition) is 3. The van der Waals surface area contributed by atoms with E-state index in [1.165, 1.54) is 7.11 Å². The molecule has 16 heavy (non-hydrogen) atoms. The number of carbonyl (C=O) groups excluding carboxylic acids is 1. The van der Waals surface area contributed by atoms with Crippen molar-refractivity contribution in [1.82, 2.24) is 0 Å². The van der Waals surface area contributed by atoms with Gasteiger partial charge in [0, 0.05) is 0 Å². The molecule has 0 aliphatic carbocycles. The summed E-state index contributed by atoms with van der Waals surface area (Å²) in [5, 5.41) is 9.37. The SMILES string of the molecule is COC(=O)c1cc(CC(C)O)c(C)cc1C. The van der Waals surface area contributed by atoms with Crippen molar-refractivity contribution in [3.8, 4) is 0 Å². The molecule has 0 spiro atoms. The molecule has 3 heteroatoms. The van der Waals surface area contributed by atoms with Gasteiger partial charge in [-0.1, -0.05) is 6.07 Å². The lowest BCUT2D eigenvalue weighted by Crippen LogP contribution is -2.10. The highest BCUT2D eigenvalue weighted by molar-refractivity contribution is 5.91. The van der Waals surface area contributed by atoms with Crippen molar-refractivity contribution in [2.24, 2.45) is 0 Å². The number of ether oxygens (including phenoxy) is 1. The van der Waals surface area contributed by atoms with Crippen LogP contribution in [0.2, 0.25) is 0 Å². The van der Waals surface area contributed by atoms with E-state index in [2.05, 4.69) is 0 Å². The Morgan fingerprint density at radius 3 is 2.50 bits per heavy atom. The zero-order valence-electron chi connectivity index (χ0n) is 10.2. The number of methoxy groups -OCH3 is 1. The van der Waals surface area contributed by atoms with Crippen molar-refractivity contribution in [2.45, 2.75) is 33.3 Å².